The van der Waals surface area contributed by atoms with Crippen molar-refractivity contribution >= 4 is 52.1 Å². The van der Waals surface area contributed by atoms with Crippen molar-refractivity contribution in [2.75, 3.05) is 30.4 Å². The van der Waals surface area contributed by atoms with Gasteiger partial charge in [-0.05, 0) is 76.1 Å². The molecule has 0 aliphatic carbocycles. The first-order chi connectivity index (χ1) is 14.8. The molecule has 0 saturated carbocycles. The fourth-order valence-electron chi connectivity index (χ4n) is 4.20. The molecule has 0 atom stereocenters. The van der Waals surface area contributed by atoms with E-state index in [0.717, 1.165) is 59.1 Å². The number of methoxy groups -OCH3 is 1. The Morgan fingerprint density at radius 1 is 1.03 bits per heavy atom. The second-order valence-electron chi connectivity index (χ2n) is 9.20. The monoisotopic (exact) mass is 474 g/mol. The van der Waals surface area contributed by atoms with Crippen molar-refractivity contribution in [1.82, 2.24) is 10.3 Å². The molecule has 4 rings (SSSR count). The highest BCUT2D eigenvalue weighted by Crippen LogP contribution is 2.34. The van der Waals surface area contributed by atoms with Crippen LogP contribution in [0.2, 0.25) is 5.02 Å². The lowest BCUT2D eigenvalue weighted by atomic mass is 9.99. The molecule has 1 fully saturated rings. The minimum absolute atomic E-state index is 0. The van der Waals surface area contributed by atoms with Crippen molar-refractivity contribution in [3.63, 3.8) is 0 Å². The molecule has 2 heterocycles. The van der Waals surface area contributed by atoms with Gasteiger partial charge in [-0.3, -0.25) is 0 Å². The maximum Gasteiger partial charge on any atom is 0.133 e. The van der Waals surface area contributed by atoms with Crippen molar-refractivity contribution in [3.8, 4) is 5.75 Å². The average Bonchev–Trinajstić information content (AvgIpc) is 2.74. The number of ether oxygens (including phenoxy) is 1. The van der Waals surface area contributed by atoms with Gasteiger partial charge >= 0.3 is 0 Å². The number of piperidine rings is 1. The molecule has 5 nitrogen and oxygen atoms in total. The van der Waals surface area contributed by atoms with Gasteiger partial charge in [-0.2, -0.15) is 0 Å². The quantitative estimate of drug-likeness (QED) is 0.446. The van der Waals surface area contributed by atoms with E-state index >= 15 is 0 Å². The molecular weight excluding hydrogens is 443 g/mol. The Balaban J connectivity index is 0.00000289. The molecule has 3 aromatic rings. The van der Waals surface area contributed by atoms with Crippen molar-refractivity contribution < 1.29 is 4.74 Å². The first kappa shape index (κ1) is 24.4. The summed E-state index contributed by atoms with van der Waals surface area (Å²) in [5.74, 6) is 1.67. The molecule has 172 valence electrons. The molecule has 0 amide bonds. The van der Waals surface area contributed by atoms with Crippen LogP contribution in [0.5, 0.6) is 5.75 Å². The summed E-state index contributed by atoms with van der Waals surface area (Å²) in [5.41, 5.74) is 3.24. The van der Waals surface area contributed by atoms with Crippen LogP contribution < -0.4 is 20.3 Å². The smallest absolute Gasteiger partial charge is 0.133 e. The molecule has 0 bridgehead atoms. The third-order valence-corrected chi connectivity index (χ3v) is 5.84. The molecule has 1 aromatic heterocycles. The summed E-state index contributed by atoms with van der Waals surface area (Å²) in [7, 11) is 1.70. The average molecular weight is 475 g/mol. The lowest BCUT2D eigenvalue weighted by Crippen LogP contribution is -2.49. The van der Waals surface area contributed by atoms with E-state index in [1.807, 2.05) is 36.4 Å². The third-order valence-electron chi connectivity index (χ3n) is 5.58. The number of rotatable bonds is 5. The van der Waals surface area contributed by atoms with Crippen LogP contribution in [0.25, 0.3) is 10.9 Å². The van der Waals surface area contributed by atoms with Gasteiger partial charge in [-0.15, -0.1) is 12.4 Å². The van der Waals surface area contributed by atoms with E-state index in [2.05, 4.69) is 48.4 Å². The van der Waals surface area contributed by atoms with E-state index in [4.69, 9.17) is 21.3 Å². The molecule has 0 unspecified atom stereocenters. The molecule has 7 heteroatoms. The number of nitrogens with one attached hydrogen (secondary N) is 2. The van der Waals surface area contributed by atoms with E-state index in [1.165, 1.54) is 5.69 Å². The number of aromatic nitrogens is 1. The van der Waals surface area contributed by atoms with Gasteiger partial charge in [-0.1, -0.05) is 11.6 Å². The van der Waals surface area contributed by atoms with E-state index in [-0.39, 0.29) is 17.9 Å². The Morgan fingerprint density at radius 3 is 2.34 bits per heavy atom. The number of hydrogen-bond donors (Lipinski definition) is 2. The minimum atomic E-state index is 0. The number of halogens is 2. The van der Waals surface area contributed by atoms with Gasteiger partial charge in [0.15, 0.2) is 0 Å². The van der Waals surface area contributed by atoms with E-state index in [9.17, 15) is 0 Å². The van der Waals surface area contributed by atoms with Crippen LogP contribution in [0.15, 0.2) is 48.5 Å². The lowest BCUT2D eigenvalue weighted by Gasteiger charge is -2.37. The van der Waals surface area contributed by atoms with Gasteiger partial charge in [0.1, 0.15) is 11.6 Å². The molecule has 0 radical (unpaired) electrons. The number of pyridine rings is 1. The first-order valence-corrected chi connectivity index (χ1v) is 11.2. The molecule has 32 heavy (non-hydrogen) atoms. The van der Waals surface area contributed by atoms with Gasteiger partial charge < -0.3 is 20.3 Å². The summed E-state index contributed by atoms with van der Waals surface area (Å²) >= 11 is 6.03. The van der Waals surface area contributed by atoms with Crippen LogP contribution >= 0.6 is 24.0 Å². The highest BCUT2D eigenvalue weighted by atomic mass is 35.5. The largest absolute Gasteiger partial charge is 0.497 e. The van der Waals surface area contributed by atoms with Crippen molar-refractivity contribution in [3.05, 3.63) is 53.6 Å². The van der Waals surface area contributed by atoms with Gasteiger partial charge in [0, 0.05) is 52.5 Å². The molecule has 1 aliphatic heterocycles. The SMILES string of the molecule is COc1ccc2nc(Nc3ccc(Cl)cc3)cc(N3CCC(NC(C)(C)C)CC3)c2c1.Cl. The zero-order valence-corrected chi connectivity index (χ0v) is 20.7. The Morgan fingerprint density at radius 2 is 1.72 bits per heavy atom. The van der Waals surface area contributed by atoms with Gasteiger partial charge in [0.2, 0.25) is 0 Å². The predicted octanol–water partition coefficient (Wildman–Crippen LogP) is 6.42. The summed E-state index contributed by atoms with van der Waals surface area (Å²) in [6.07, 6.45) is 2.23. The maximum atomic E-state index is 6.03. The second kappa shape index (κ2) is 10.2. The summed E-state index contributed by atoms with van der Waals surface area (Å²) in [6.45, 7) is 8.71. The normalized spacial score (nSPS) is 14.8. The predicted molar refractivity (Wildman–Crippen MR) is 138 cm³/mol. The lowest BCUT2D eigenvalue weighted by molar-refractivity contribution is 0.317. The fourth-order valence-corrected chi connectivity index (χ4v) is 4.32. The number of benzene rings is 2. The Kier molecular flexibility index (Phi) is 7.75. The zero-order chi connectivity index (χ0) is 22.0. The van der Waals surface area contributed by atoms with Crippen molar-refractivity contribution in [2.45, 2.75) is 45.2 Å². The van der Waals surface area contributed by atoms with E-state index in [1.54, 1.807) is 7.11 Å². The number of nitrogens with zero attached hydrogens (tertiary/aromatic N) is 2. The first-order valence-electron chi connectivity index (χ1n) is 10.8. The van der Waals surface area contributed by atoms with Crippen LogP contribution in [0.4, 0.5) is 17.2 Å². The van der Waals surface area contributed by atoms with Crippen molar-refractivity contribution in [1.29, 1.82) is 0 Å². The Bertz CT molecular complexity index is 1040. The Hall–Kier alpha value is -2.21. The molecule has 2 N–H and O–H groups in total. The third kappa shape index (κ3) is 5.97. The van der Waals surface area contributed by atoms with Crippen LogP contribution in [0.3, 0.4) is 0 Å². The highest BCUT2D eigenvalue weighted by molar-refractivity contribution is 6.30. The Labute approximate surface area is 201 Å². The minimum Gasteiger partial charge on any atom is -0.497 e. The van der Waals surface area contributed by atoms with E-state index < -0.39 is 0 Å². The fraction of sp³-hybridized carbons (Fsp3) is 0.400. The zero-order valence-electron chi connectivity index (χ0n) is 19.1. The molecule has 1 aliphatic rings. The second-order valence-corrected chi connectivity index (χ2v) is 9.63. The topological polar surface area (TPSA) is 49.4 Å². The number of anilines is 3. The van der Waals surface area contributed by atoms with Gasteiger partial charge in [0.25, 0.3) is 0 Å². The van der Waals surface area contributed by atoms with Gasteiger partial charge in [0.05, 0.1) is 12.6 Å². The van der Waals surface area contributed by atoms with Crippen LogP contribution in [0.1, 0.15) is 33.6 Å². The van der Waals surface area contributed by atoms with Crippen LogP contribution in [-0.4, -0.2) is 36.8 Å². The van der Waals surface area contributed by atoms with Crippen LogP contribution in [-0.2, 0) is 0 Å². The number of hydrogen-bond acceptors (Lipinski definition) is 5. The summed E-state index contributed by atoms with van der Waals surface area (Å²) in [6, 6.07) is 16.5. The maximum absolute atomic E-state index is 6.03. The molecule has 2 aromatic carbocycles. The van der Waals surface area contributed by atoms with Crippen LogP contribution in [0, 0.1) is 0 Å². The highest BCUT2D eigenvalue weighted by Gasteiger charge is 2.24. The summed E-state index contributed by atoms with van der Waals surface area (Å²) < 4.78 is 5.49. The molecule has 0 spiro atoms. The summed E-state index contributed by atoms with van der Waals surface area (Å²) in [4.78, 5) is 7.32. The van der Waals surface area contributed by atoms with E-state index in [0.29, 0.717) is 6.04 Å². The molecular formula is C25H32Cl2N4O. The van der Waals surface area contributed by atoms with Crippen molar-refractivity contribution in [2.24, 2.45) is 0 Å². The molecule has 1 saturated heterocycles. The summed E-state index contributed by atoms with van der Waals surface area (Å²) in [5, 5.41) is 9.02. The standard InChI is InChI=1S/C25H31ClN4O.ClH/c1-25(2,3)29-19-11-13-30(14-12-19)23-16-24(27-18-7-5-17(26)6-8-18)28-22-10-9-20(31-4)15-21(22)23;/h5-10,15-16,19,29H,11-14H2,1-4H3,(H,27,28);1H. The van der Waals surface area contributed by atoms with Gasteiger partial charge in [-0.25, -0.2) is 4.98 Å². The number of fused-ring (bicyclic) bond motifs is 1.